The van der Waals surface area contributed by atoms with E-state index in [9.17, 15) is 25.0 Å². The van der Waals surface area contributed by atoms with E-state index in [1.54, 1.807) is 24.3 Å². The number of rotatable bonds is 7. The third-order valence-electron chi connectivity index (χ3n) is 4.70. The standard InChI is InChI=1S/C19H19N3O6/c1-13(23)28-19-12-20(11-15-5-3-7-17(9-15)22(26)27)18(19)10-14-4-2-6-16(8-14)21(24)25/h2-9,18-19H,10-12H2,1H3. The summed E-state index contributed by atoms with van der Waals surface area (Å²) >= 11 is 0. The van der Waals surface area contributed by atoms with Crippen LogP contribution in [0.1, 0.15) is 18.1 Å². The average Bonchev–Trinajstić information content (AvgIpc) is 2.65. The molecule has 146 valence electrons. The summed E-state index contributed by atoms with van der Waals surface area (Å²) in [6, 6.07) is 12.6. The molecule has 9 nitrogen and oxygen atoms in total. The molecular formula is C19H19N3O6. The van der Waals surface area contributed by atoms with Gasteiger partial charge in [-0.2, -0.15) is 0 Å². The Morgan fingerprint density at radius 3 is 2.21 bits per heavy atom. The van der Waals surface area contributed by atoms with E-state index < -0.39 is 9.85 Å². The number of ether oxygens (including phenoxy) is 1. The van der Waals surface area contributed by atoms with Crippen molar-refractivity contribution >= 4 is 17.3 Å². The molecule has 0 spiro atoms. The van der Waals surface area contributed by atoms with Crippen LogP contribution in [0.4, 0.5) is 11.4 Å². The van der Waals surface area contributed by atoms with Crippen LogP contribution >= 0.6 is 0 Å². The molecule has 28 heavy (non-hydrogen) atoms. The smallest absolute Gasteiger partial charge is 0.303 e. The Bertz CT molecular complexity index is 916. The predicted molar refractivity (Wildman–Crippen MR) is 99.6 cm³/mol. The summed E-state index contributed by atoms with van der Waals surface area (Å²) in [5, 5.41) is 22.0. The van der Waals surface area contributed by atoms with E-state index in [1.807, 2.05) is 4.90 Å². The number of carbonyl (C=O) groups excluding carboxylic acids is 1. The van der Waals surface area contributed by atoms with Gasteiger partial charge in [0.15, 0.2) is 0 Å². The van der Waals surface area contributed by atoms with Crippen LogP contribution in [0, 0.1) is 20.2 Å². The minimum Gasteiger partial charge on any atom is -0.460 e. The SMILES string of the molecule is CC(=O)OC1CN(Cc2cccc([N+](=O)[O-])c2)C1Cc1cccc([N+](=O)[O-])c1. The van der Waals surface area contributed by atoms with Gasteiger partial charge in [0, 0.05) is 44.3 Å². The van der Waals surface area contributed by atoms with Gasteiger partial charge in [0.25, 0.3) is 11.4 Å². The molecule has 1 fully saturated rings. The Hall–Kier alpha value is -3.33. The molecule has 2 aromatic rings. The number of benzene rings is 2. The van der Waals surface area contributed by atoms with Gasteiger partial charge < -0.3 is 4.74 Å². The number of nitro groups is 2. The number of carbonyl (C=O) groups is 1. The molecule has 0 aromatic heterocycles. The number of hydrogen-bond donors (Lipinski definition) is 0. The summed E-state index contributed by atoms with van der Waals surface area (Å²) in [5.74, 6) is -0.385. The van der Waals surface area contributed by atoms with Crippen LogP contribution in [0.15, 0.2) is 48.5 Å². The minimum atomic E-state index is -0.450. The first-order valence-corrected chi connectivity index (χ1v) is 8.71. The van der Waals surface area contributed by atoms with Gasteiger partial charge in [0.1, 0.15) is 6.10 Å². The topological polar surface area (TPSA) is 116 Å². The molecular weight excluding hydrogens is 366 g/mol. The Labute approximate surface area is 160 Å². The number of hydrogen-bond acceptors (Lipinski definition) is 7. The lowest BCUT2D eigenvalue weighted by atomic mass is 9.91. The van der Waals surface area contributed by atoms with E-state index in [2.05, 4.69) is 0 Å². The zero-order chi connectivity index (χ0) is 20.3. The van der Waals surface area contributed by atoms with E-state index in [0.717, 1.165) is 11.1 Å². The summed E-state index contributed by atoms with van der Waals surface area (Å²) < 4.78 is 5.36. The van der Waals surface area contributed by atoms with E-state index in [1.165, 1.54) is 31.2 Å². The summed E-state index contributed by atoms with van der Waals surface area (Å²) in [6.45, 7) is 2.30. The highest BCUT2D eigenvalue weighted by Crippen LogP contribution is 2.29. The number of nitrogens with zero attached hydrogens (tertiary/aromatic N) is 3. The van der Waals surface area contributed by atoms with Gasteiger partial charge in [-0.05, 0) is 17.5 Å². The van der Waals surface area contributed by atoms with Crippen LogP contribution in [0.5, 0.6) is 0 Å². The Morgan fingerprint density at radius 1 is 1.07 bits per heavy atom. The maximum absolute atomic E-state index is 11.4. The third kappa shape index (κ3) is 4.49. The molecule has 0 saturated carbocycles. The van der Waals surface area contributed by atoms with Gasteiger partial charge in [0.2, 0.25) is 0 Å². The third-order valence-corrected chi connectivity index (χ3v) is 4.70. The Morgan fingerprint density at radius 2 is 1.64 bits per heavy atom. The predicted octanol–water partition coefficient (Wildman–Crippen LogP) is 2.86. The van der Waals surface area contributed by atoms with Crippen LogP contribution in [0.25, 0.3) is 0 Å². The normalized spacial score (nSPS) is 18.9. The van der Waals surface area contributed by atoms with Crippen molar-refractivity contribution in [2.24, 2.45) is 0 Å². The molecule has 0 radical (unpaired) electrons. The minimum absolute atomic E-state index is 0.00564. The maximum Gasteiger partial charge on any atom is 0.303 e. The lowest BCUT2D eigenvalue weighted by molar-refractivity contribution is -0.385. The van der Waals surface area contributed by atoms with Crippen molar-refractivity contribution in [3.63, 3.8) is 0 Å². The van der Waals surface area contributed by atoms with E-state index >= 15 is 0 Å². The zero-order valence-electron chi connectivity index (χ0n) is 15.2. The van der Waals surface area contributed by atoms with Crippen molar-refractivity contribution in [2.45, 2.75) is 32.0 Å². The Balaban J connectivity index is 1.76. The van der Waals surface area contributed by atoms with Crippen molar-refractivity contribution in [1.82, 2.24) is 4.90 Å². The second kappa shape index (κ2) is 8.13. The summed E-state index contributed by atoms with van der Waals surface area (Å²) in [4.78, 5) is 34.5. The molecule has 0 amide bonds. The van der Waals surface area contributed by atoms with Gasteiger partial charge in [-0.25, -0.2) is 0 Å². The summed E-state index contributed by atoms with van der Waals surface area (Å²) in [5.41, 5.74) is 1.57. The molecule has 2 unspecified atom stereocenters. The zero-order valence-corrected chi connectivity index (χ0v) is 15.2. The molecule has 1 saturated heterocycles. The molecule has 1 aliphatic rings. The maximum atomic E-state index is 11.4. The van der Waals surface area contributed by atoms with Crippen LogP contribution in [-0.4, -0.2) is 39.4 Å². The van der Waals surface area contributed by atoms with Crippen molar-refractivity contribution in [3.8, 4) is 0 Å². The fraction of sp³-hybridized carbons (Fsp3) is 0.316. The van der Waals surface area contributed by atoms with E-state index in [-0.39, 0.29) is 29.5 Å². The molecule has 0 bridgehead atoms. The molecule has 2 aromatic carbocycles. The quantitative estimate of drug-likeness (QED) is 0.409. The number of esters is 1. The summed E-state index contributed by atoms with van der Waals surface area (Å²) in [7, 11) is 0. The molecule has 0 N–H and O–H groups in total. The molecule has 2 atom stereocenters. The summed E-state index contributed by atoms with van der Waals surface area (Å²) in [6.07, 6.45) is 0.143. The monoisotopic (exact) mass is 385 g/mol. The number of non-ortho nitro benzene ring substituents is 2. The van der Waals surface area contributed by atoms with Gasteiger partial charge in [-0.15, -0.1) is 0 Å². The van der Waals surface area contributed by atoms with Crippen molar-refractivity contribution < 1.29 is 19.4 Å². The van der Waals surface area contributed by atoms with Crippen molar-refractivity contribution in [1.29, 1.82) is 0 Å². The molecule has 1 aliphatic heterocycles. The molecule has 9 heteroatoms. The first kappa shape index (κ1) is 19.4. The molecule has 1 heterocycles. The van der Waals surface area contributed by atoms with E-state index in [0.29, 0.717) is 19.5 Å². The highest BCUT2D eigenvalue weighted by atomic mass is 16.6. The Kier molecular flexibility index (Phi) is 5.65. The average molecular weight is 385 g/mol. The van der Waals surface area contributed by atoms with Crippen LogP contribution < -0.4 is 0 Å². The second-order valence-corrected chi connectivity index (χ2v) is 6.70. The number of likely N-dealkylation sites (tertiary alicyclic amines) is 1. The molecule has 0 aliphatic carbocycles. The highest BCUT2D eigenvalue weighted by molar-refractivity contribution is 5.66. The van der Waals surface area contributed by atoms with Gasteiger partial charge in [-0.3, -0.25) is 29.9 Å². The lowest BCUT2D eigenvalue weighted by Gasteiger charge is -2.47. The van der Waals surface area contributed by atoms with E-state index in [4.69, 9.17) is 4.74 Å². The second-order valence-electron chi connectivity index (χ2n) is 6.70. The van der Waals surface area contributed by atoms with Crippen LogP contribution in [0.3, 0.4) is 0 Å². The van der Waals surface area contributed by atoms with Crippen molar-refractivity contribution in [2.75, 3.05) is 6.54 Å². The number of nitro benzene ring substituents is 2. The first-order chi connectivity index (χ1) is 13.3. The lowest BCUT2D eigenvalue weighted by Crippen LogP contribution is -2.61. The largest absolute Gasteiger partial charge is 0.460 e. The first-order valence-electron chi connectivity index (χ1n) is 8.71. The van der Waals surface area contributed by atoms with Gasteiger partial charge in [-0.1, -0.05) is 24.3 Å². The van der Waals surface area contributed by atoms with Crippen LogP contribution in [-0.2, 0) is 22.5 Å². The van der Waals surface area contributed by atoms with Gasteiger partial charge in [0.05, 0.1) is 15.9 Å². The fourth-order valence-corrected chi connectivity index (χ4v) is 3.40. The van der Waals surface area contributed by atoms with Gasteiger partial charge >= 0.3 is 5.97 Å². The fourth-order valence-electron chi connectivity index (χ4n) is 3.40. The van der Waals surface area contributed by atoms with Crippen LogP contribution in [0.2, 0.25) is 0 Å². The van der Waals surface area contributed by atoms with Crippen molar-refractivity contribution in [3.05, 3.63) is 79.9 Å². The highest BCUT2D eigenvalue weighted by Gasteiger charge is 2.41. The molecule has 3 rings (SSSR count).